The number of nitrogens with zero attached hydrogens (tertiary/aromatic N) is 3. The smallest absolute Gasteiger partial charge is 0.328 e. The average Bonchev–Trinajstić information content (AvgIpc) is 3.14. The van der Waals surface area contributed by atoms with Crippen molar-refractivity contribution in [2.45, 2.75) is 0 Å². The van der Waals surface area contributed by atoms with E-state index in [9.17, 15) is 19.3 Å². The van der Waals surface area contributed by atoms with Crippen molar-refractivity contribution >= 4 is 17.3 Å². The van der Waals surface area contributed by atoms with Crippen molar-refractivity contribution < 1.29 is 23.3 Å². The zero-order valence-electron chi connectivity index (χ0n) is 13.5. The molecule has 0 saturated carbocycles. The highest BCUT2D eigenvalue weighted by molar-refractivity contribution is 5.94. The SMILES string of the molecule is COc1cc(F)c([N+](=O)[O-])c(N2CCN(C(=O)c3ccoc3)CC2)c1. The van der Waals surface area contributed by atoms with Crippen LogP contribution in [0.5, 0.6) is 5.75 Å². The molecule has 2 heterocycles. The first-order valence-corrected chi connectivity index (χ1v) is 7.59. The van der Waals surface area contributed by atoms with E-state index in [1.807, 2.05) is 0 Å². The van der Waals surface area contributed by atoms with E-state index in [4.69, 9.17) is 9.15 Å². The van der Waals surface area contributed by atoms with Crippen molar-refractivity contribution in [2.75, 3.05) is 38.2 Å². The molecule has 132 valence electrons. The Morgan fingerprint density at radius 3 is 2.60 bits per heavy atom. The molecule has 0 radical (unpaired) electrons. The van der Waals surface area contributed by atoms with Crippen LogP contribution >= 0.6 is 0 Å². The second-order valence-electron chi connectivity index (χ2n) is 5.53. The maximum absolute atomic E-state index is 14.1. The Kier molecular flexibility index (Phi) is 4.55. The molecule has 3 rings (SSSR count). The van der Waals surface area contributed by atoms with E-state index in [1.165, 1.54) is 25.7 Å². The number of benzene rings is 1. The van der Waals surface area contributed by atoms with Crippen LogP contribution in [0.25, 0.3) is 0 Å². The molecule has 0 N–H and O–H groups in total. The molecule has 0 unspecified atom stereocenters. The lowest BCUT2D eigenvalue weighted by Gasteiger charge is -2.35. The molecule has 1 saturated heterocycles. The van der Waals surface area contributed by atoms with Gasteiger partial charge in [0.25, 0.3) is 5.91 Å². The number of furan rings is 1. The van der Waals surface area contributed by atoms with Crippen LogP contribution in [-0.4, -0.2) is 49.0 Å². The van der Waals surface area contributed by atoms with E-state index in [0.29, 0.717) is 31.7 Å². The van der Waals surface area contributed by atoms with Crippen molar-refractivity contribution in [3.8, 4) is 5.75 Å². The molecule has 1 aromatic heterocycles. The third-order valence-electron chi connectivity index (χ3n) is 4.11. The van der Waals surface area contributed by atoms with Gasteiger partial charge in [0.15, 0.2) is 0 Å². The van der Waals surface area contributed by atoms with Gasteiger partial charge in [-0.2, -0.15) is 4.39 Å². The lowest BCUT2D eigenvalue weighted by Crippen LogP contribution is -2.48. The summed E-state index contributed by atoms with van der Waals surface area (Å²) in [5.74, 6) is -0.911. The number of methoxy groups -OCH3 is 1. The average molecular weight is 349 g/mol. The number of halogens is 1. The van der Waals surface area contributed by atoms with Crippen molar-refractivity contribution in [3.63, 3.8) is 0 Å². The zero-order valence-corrected chi connectivity index (χ0v) is 13.5. The van der Waals surface area contributed by atoms with Crippen LogP contribution in [-0.2, 0) is 0 Å². The Hall–Kier alpha value is -3.10. The van der Waals surface area contributed by atoms with Gasteiger partial charge < -0.3 is 19.0 Å². The second-order valence-corrected chi connectivity index (χ2v) is 5.53. The Bertz CT molecular complexity index is 785. The standard InChI is InChI=1S/C16H16FN3O5/c1-24-12-8-13(17)15(20(22)23)14(9-12)18-3-5-19(6-4-18)16(21)11-2-7-25-10-11/h2,7-10H,3-6H2,1H3. The van der Waals surface area contributed by atoms with Crippen molar-refractivity contribution in [1.29, 1.82) is 0 Å². The van der Waals surface area contributed by atoms with Crippen LogP contribution in [0.4, 0.5) is 15.8 Å². The van der Waals surface area contributed by atoms with E-state index in [-0.39, 0.29) is 17.3 Å². The quantitative estimate of drug-likeness (QED) is 0.621. The molecule has 25 heavy (non-hydrogen) atoms. The molecule has 2 aromatic rings. The summed E-state index contributed by atoms with van der Waals surface area (Å²) < 4.78 is 24.0. The molecule has 1 amide bonds. The van der Waals surface area contributed by atoms with Crippen LogP contribution in [0.3, 0.4) is 0 Å². The predicted octanol–water partition coefficient (Wildman–Crippen LogP) is 2.30. The van der Waals surface area contributed by atoms with Crippen LogP contribution in [0, 0.1) is 15.9 Å². The Morgan fingerprint density at radius 1 is 1.32 bits per heavy atom. The van der Waals surface area contributed by atoms with Crippen molar-refractivity contribution in [2.24, 2.45) is 0 Å². The number of piperazine rings is 1. The van der Waals surface area contributed by atoms with E-state index in [0.717, 1.165) is 6.07 Å². The molecule has 9 heteroatoms. The van der Waals surface area contributed by atoms with Gasteiger partial charge in [-0.15, -0.1) is 0 Å². The van der Waals surface area contributed by atoms with Gasteiger partial charge in [0, 0.05) is 38.3 Å². The topological polar surface area (TPSA) is 89.1 Å². The summed E-state index contributed by atoms with van der Waals surface area (Å²) in [6.45, 7) is 1.41. The Morgan fingerprint density at radius 2 is 2.04 bits per heavy atom. The molecule has 1 aliphatic heterocycles. The third kappa shape index (κ3) is 3.25. The van der Waals surface area contributed by atoms with Gasteiger partial charge in [0.1, 0.15) is 17.7 Å². The van der Waals surface area contributed by atoms with Crippen LogP contribution in [0.15, 0.2) is 35.1 Å². The van der Waals surface area contributed by atoms with Gasteiger partial charge in [-0.3, -0.25) is 14.9 Å². The number of carbonyl (C=O) groups is 1. The monoisotopic (exact) mass is 349 g/mol. The minimum absolute atomic E-state index is 0.150. The molecular weight excluding hydrogens is 333 g/mol. The largest absolute Gasteiger partial charge is 0.497 e. The molecule has 8 nitrogen and oxygen atoms in total. The van der Waals surface area contributed by atoms with Crippen LogP contribution in [0.2, 0.25) is 0 Å². The van der Waals surface area contributed by atoms with Gasteiger partial charge >= 0.3 is 5.69 Å². The summed E-state index contributed by atoms with van der Waals surface area (Å²) >= 11 is 0. The van der Waals surface area contributed by atoms with Crippen LogP contribution in [0.1, 0.15) is 10.4 Å². The molecular formula is C16H16FN3O5. The first-order chi connectivity index (χ1) is 12.0. The Balaban J connectivity index is 1.80. The number of amides is 1. The van der Waals surface area contributed by atoms with Crippen molar-refractivity contribution in [1.82, 2.24) is 4.90 Å². The summed E-state index contributed by atoms with van der Waals surface area (Å²) in [5, 5.41) is 11.2. The molecule has 1 aromatic carbocycles. The fraction of sp³-hybridized carbons (Fsp3) is 0.312. The number of carbonyl (C=O) groups excluding carboxylic acids is 1. The van der Waals surface area contributed by atoms with Crippen molar-refractivity contribution in [3.05, 3.63) is 52.2 Å². The number of nitro groups is 1. The van der Waals surface area contributed by atoms with E-state index in [1.54, 1.807) is 15.9 Å². The lowest BCUT2D eigenvalue weighted by atomic mass is 10.2. The maximum atomic E-state index is 14.1. The van der Waals surface area contributed by atoms with E-state index < -0.39 is 16.4 Å². The molecule has 0 bridgehead atoms. The summed E-state index contributed by atoms with van der Waals surface area (Å²) in [5.41, 5.74) is 0.0135. The predicted molar refractivity (Wildman–Crippen MR) is 86.4 cm³/mol. The highest BCUT2D eigenvalue weighted by Crippen LogP contribution is 2.35. The summed E-state index contributed by atoms with van der Waals surface area (Å²) in [6.07, 6.45) is 2.79. The maximum Gasteiger partial charge on any atom is 0.328 e. The number of ether oxygens (including phenoxy) is 1. The number of nitro benzene ring substituents is 1. The van der Waals surface area contributed by atoms with E-state index in [2.05, 4.69) is 0 Å². The third-order valence-corrected chi connectivity index (χ3v) is 4.11. The number of hydrogen-bond acceptors (Lipinski definition) is 6. The minimum Gasteiger partial charge on any atom is -0.497 e. The Labute approximate surface area is 142 Å². The highest BCUT2D eigenvalue weighted by Gasteiger charge is 2.30. The van der Waals surface area contributed by atoms with Gasteiger partial charge in [0.05, 0.1) is 23.9 Å². The second kappa shape index (κ2) is 6.80. The molecule has 0 aliphatic carbocycles. The molecule has 0 spiro atoms. The van der Waals surface area contributed by atoms with Gasteiger partial charge in [-0.25, -0.2) is 0 Å². The lowest BCUT2D eigenvalue weighted by molar-refractivity contribution is -0.386. The molecule has 1 fully saturated rings. The summed E-state index contributed by atoms with van der Waals surface area (Å²) in [6, 6.07) is 4.01. The fourth-order valence-corrected chi connectivity index (χ4v) is 2.82. The first kappa shape index (κ1) is 16.7. The summed E-state index contributed by atoms with van der Waals surface area (Å²) in [7, 11) is 1.37. The zero-order chi connectivity index (χ0) is 18.0. The normalized spacial score (nSPS) is 14.5. The van der Waals surface area contributed by atoms with E-state index >= 15 is 0 Å². The highest BCUT2D eigenvalue weighted by atomic mass is 19.1. The van der Waals surface area contributed by atoms with Crippen LogP contribution < -0.4 is 9.64 Å². The molecule has 1 aliphatic rings. The molecule has 0 atom stereocenters. The van der Waals surface area contributed by atoms with Gasteiger partial charge in [-0.05, 0) is 6.07 Å². The number of anilines is 1. The summed E-state index contributed by atoms with van der Waals surface area (Å²) in [4.78, 5) is 26.1. The minimum atomic E-state index is -0.948. The fourth-order valence-electron chi connectivity index (χ4n) is 2.82. The number of hydrogen-bond donors (Lipinski definition) is 0. The van der Waals surface area contributed by atoms with Gasteiger partial charge in [0.2, 0.25) is 5.82 Å². The number of rotatable bonds is 4. The first-order valence-electron chi connectivity index (χ1n) is 7.59. The van der Waals surface area contributed by atoms with Gasteiger partial charge in [-0.1, -0.05) is 0 Å².